The van der Waals surface area contributed by atoms with E-state index < -0.39 is 9.84 Å². The number of methoxy groups -OCH3 is 1. The Balaban J connectivity index is 3.19. The third-order valence-electron chi connectivity index (χ3n) is 2.10. The van der Waals surface area contributed by atoms with E-state index in [-0.39, 0.29) is 4.90 Å². The minimum absolute atomic E-state index is 0.264. The van der Waals surface area contributed by atoms with Gasteiger partial charge >= 0.3 is 0 Å². The summed E-state index contributed by atoms with van der Waals surface area (Å²) in [5.41, 5.74) is 6.36. The number of rotatable bonds is 4. The molecule has 0 unspecified atom stereocenters. The summed E-state index contributed by atoms with van der Waals surface area (Å²) in [6.07, 6.45) is 1.84. The quantitative estimate of drug-likeness (QED) is 0.820. The molecule has 4 nitrogen and oxygen atoms in total. The number of sulfone groups is 1. The van der Waals surface area contributed by atoms with Gasteiger partial charge in [-0.05, 0) is 30.7 Å². The van der Waals surface area contributed by atoms with Crippen LogP contribution in [0.4, 0.5) is 0 Å². The molecule has 0 saturated carbocycles. The van der Waals surface area contributed by atoms with Crippen molar-refractivity contribution in [1.82, 2.24) is 0 Å². The van der Waals surface area contributed by atoms with Crippen molar-refractivity contribution in [1.29, 1.82) is 0 Å². The fourth-order valence-corrected chi connectivity index (χ4v) is 1.95. The molecule has 1 aromatic carbocycles. The zero-order valence-electron chi connectivity index (χ0n) is 8.86. The van der Waals surface area contributed by atoms with Crippen LogP contribution >= 0.6 is 0 Å². The Morgan fingerprint density at radius 3 is 2.53 bits per heavy atom. The summed E-state index contributed by atoms with van der Waals surface area (Å²) in [4.78, 5) is 0.264. The molecule has 0 aliphatic rings. The molecule has 0 fully saturated rings. The van der Waals surface area contributed by atoms with Crippen LogP contribution < -0.4 is 10.5 Å². The molecule has 0 saturated heterocycles. The van der Waals surface area contributed by atoms with E-state index in [1.807, 2.05) is 0 Å². The number of nitrogens with two attached hydrogens (primary N) is 1. The lowest BCUT2D eigenvalue weighted by molar-refractivity contribution is 0.408. The van der Waals surface area contributed by atoms with Crippen LogP contribution in [0.1, 0.15) is 5.56 Å². The zero-order chi connectivity index (χ0) is 11.5. The molecule has 84 valence electrons. The first kappa shape index (κ1) is 12.0. The summed E-state index contributed by atoms with van der Waals surface area (Å²) in [6.45, 7) is 0.509. The number of benzene rings is 1. The van der Waals surface area contributed by atoms with Crippen molar-refractivity contribution >= 4 is 9.84 Å². The maximum Gasteiger partial charge on any atom is 0.175 e. The van der Waals surface area contributed by atoms with Crippen LogP contribution in [0, 0.1) is 0 Å². The first-order valence-electron chi connectivity index (χ1n) is 4.56. The van der Waals surface area contributed by atoms with Crippen molar-refractivity contribution in [3.63, 3.8) is 0 Å². The van der Waals surface area contributed by atoms with E-state index in [1.54, 1.807) is 12.1 Å². The minimum Gasteiger partial charge on any atom is -0.496 e. The summed E-state index contributed by atoms with van der Waals surface area (Å²) in [6, 6.07) is 4.84. The third kappa shape index (κ3) is 2.94. The molecule has 2 N–H and O–H groups in total. The Bertz CT molecular complexity index is 440. The molecule has 0 atom stereocenters. The van der Waals surface area contributed by atoms with E-state index in [0.717, 1.165) is 5.56 Å². The van der Waals surface area contributed by atoms with Crippen molar-refractivity contribution < 1.29 is 13.2 Å². The second kappa shape index (κ2) is 4.63. The Kier molecular flexibility index (Phi) is 3.71. The predicted molar refractivity (Wildman–Crippen MR) is 58.9 cm³/mol. The third-order valence-corrected chi connectivity index (χ3v) is 3.21. The molecule has 5 heteroatoms. The van der Waals surface area contributed by atoms with Crippen LogP contribution in [-0.4, -0.2) is 28.3 Å². The van der Waals surface area contributed by atoms with Gasteiger partial charge in [-0.15, -0.1) is 0 Å². The van der Waals surface area contributed by atoms with Gasteiger partial charge in [0.05, 0.1) is 12.0 Å². The van der Waals surface area contributed by atoms with Crippen molar-refractivity contribution in [3.05, 3.63) is 23.8 Å². The normalized spacial score (nSPS) is 11.4. The van der Waals surface area contributed by atoms with E-state index in [1.165, 1.54) is 19.4 Å². The molecule has 0 heterocycles. The Labute approximate surface area is 90.0 Å². The van der Waals surface area contributed by atoms with E-state index >= 15 is 0 Å². The van der Waals surface area contributed by atoms with Crippen molar-refractivity contribution in [2.45, 2.75) is 11.3 Å². The van der Waals surface area contributed by atoms with Gasteiger partial charge in [0.25, 0.3) is 0 Å². The predicted octanol–water partition coefficient (Wildman–Crippen LogP) is 0.600. The molecule has 15 heavy (non-hydrogen) atoms. The molecule has 1 aromatic rings. The van der Waals surface area contributed by atoms with Crippen LogP contribution in [0.25, 0.3) is 0 Å². The molecule has 0 spiro atoms. The van der Waals surface area contributed by atoms with E-state index in [0.29, 0.717) is 18.7 Å². The Hall–Kier alpha value is -1.07. The fraction of sp³-hybridized carbons (Fsp3) is 0.400. The second-order valence-corrected chi connectivity index (χ2v) is 5.30. The monoisotopic (exact) mass is 229 g/mol. The van der Waals surface area contributed by atoms with Crippen LogP contribution in [0.15, 0.2) is 23.1 Å². The lowest BCUT2D eigenvalue weighted by Gasteiger charge is -2.08. The zero-order valence-corrected chi connectivity index (χ0v) is 9.67. The highest BCUT2D eigenvalue weighted by Gasteiger charge is 2.10. The van der Waals surface area contributed by atoms with E-state index in [9.17, 15) is 8.42 Å². The highest BCUT2D eigenvalue weighted by molar-refractivity contribution is 7.90. The van der Waals surface area contributed by atoms with Crippen molar-refractivity contribution in [2.24, 2.45) is 5.73 Å². The standard InChI is InChI=1S/C10H15NO3S/c1-14-10-7-9(15(2,12)13)4-3-8(10)5-6-11/h3-4,7H,5-6,11H2,1-2H3. The smallest absolute Gasteiger partial charge is 0.175 e. The molecule has 0 amide bonds. The van der Waals surface area contributed by atoms with Gasteiger partial charge in [-0.25, -0.2) is 8.42 Å². The van der Waals surface area contributed by atoms with E-state index in [2.05, 4.69) is 0 Å². The second-order valence-electron chi connectivity index (χ2n) is 3.28. The van der Waals surface area contributed by atoms with Gasteiger partial charge in [-0.3, -0.25) is 0 Å². The maximum atomic E-state index is 11.3. The van der Waals surface area contributed by atoms with Crippen LogP contribution in [0.2, 0.25) is 0 Å². The fourth-order valence-electron chi connectivity index (χ4n) is 1.32. The van der Waals surface area contributed by atoms with Gasteiger partial charge in [-0.1, -0.05) is 6.07 Å². The summed E-state index contributed by atoms with van der Waals surface area (Å²) in [5.74, 6) is 0.573. The molecule has 0 aromatic heterocycles. The van der Waals surface area contributed by atoms with Crippen molar-refractivity contribution in [2.75, 3.05) is 19.9 Å². The summed E-state index contributed by atoms with van der Waals surface area (Å²) in [5, 5.41) is 0. The van der Waals surface area contributed by atoms with Gasteiger partial charge in [0.1, 0.15) is 5.75 Å². The highest BCUT2D eigenvalue weighted by atomic mass is 32.2. The molecule has 0 aliphatic carbocycles. The molecular formula is C10H15NO3S. The largest absolute Gasteiger partial charge is 0.496 e. The summed E-state index contributed by atoms with van der Waals surface area (Å²) in [7, 11) is -1.66. The van der Waals surface area contributed by atoms with E-state index in [4.69, 9.17) is 10.5 Å². The average molecular weight is 229 g/mol. The summed E-state index contributed by atoms with van der Waals surface area (Å²) < 4.78 is 27.7. The lowest BCUT2D eigenvalue weighted by Crippen LogP contribution is -2.05. The first-order valence-corrected chi connectivity index (χ1v) is 6.45. The topological polar surface area (TPSA) is 69.4 Å². The lowest BCUT2D eigenvalue weighted by atomic mass is 10.1. The number of ether oxygens (including phenoxy) is 1. The van der Waals surface area contributed by atoms with Crippen molar-refractivity contribution in [3.8, 4) is 5.75 Å². The van der Waals surface area contributed by atoms with Gasteiger partial charge in [-0.2, -0.15) is 0 Å². The molecule has 1 rings (SSSR count). The van der Waals surface area contributed by atoms with Gasteiger partial charge < -0.3 is 10.5 Å². The average Bonchev–Trinajstić information content (AvgIpc) is 2.17. The summed E-state index contributed by atoms with van der Waals surface area (Å²) >= 11 is 0. The number of hydrogen-bond acceptors (Lipinski definition) is 4. The molecule has 0 bridgehead atoms. The molecular weight excluding hydrogens is 214 g/mol. The first-order chi connectivity index (χ1) is 6.99. The maximum absolute atomic E-state index is 11.3. The SMILES string of the molecule is COc1cc(S(C)(=O)=O)ccc1CCN. The molecule has 0 aliphatic heterocycles. The highest BCUT2D eigenvalue weighted by Crippen LogP contribution is 2.23. The van der Waals surface area contributed by atoms with Crippen LogP contribution in [0.3, 0.4) is 0 Å². The Morgan fingerprint density at radius 1 is 1.40 bits per heavy atom. The van der Waals surface area contributed by atoms with Gasteiger partial charge in [0.15, 0.2) is 9.84 Å². The molecule has 0 radical (unpaired) electrons. The van der Waals surface area contributed by atoms with Gasteiger partial charge in [0.2, 0.25) is 0 Å². The van der Waals surface area contributed by atoms with Gasteiger partial charge in [0, 0.05) is 6.26 Å². The Morgan fingerprint density at radius 2 is 2.07 bits per heavy atom. The number of hydrogen-bond donors (Lipinski definition) is 1. The minimum atomic E-state index is -3.18. The van der Waals surface area contributed by atoms with Crippen LogP contribution in [-0.2, 0) is 16.3 Å². The van der Waals surface area contributed by atoms with Crippen LogP contribution in [0.5, 0.6) is 5.75 Å².